The van der Waals surface area contributed by atoms with Crippen LogP contribution in [0.4, 0.5) is 5.69 Å². The summed E-state index contributed by atoms with van der Waals surface area (Å²) in [4.78, 5) is 12.9. The second-order valence-corrected chi connectivity index (χ2v) is 3.77. The minimum Gasteiger partial charge on any atom is -0.369 e. The van der Waals surface area contributed by atoms with Gasteiger partial charge in [0.2, 0.25) is 5.91 Å². The molecule has 1 fully saturated rings. The van der Waals surface area contributed by atoms with E-state index in [-0.39, 0.29) is 11.8 Å². The van der Waals surface area contributed by atoms with E-state index in [1.165, 1.54) is 5.69 Å². The van der Waals surface area contributed by atoms with Gasteiger partial charge in [-0.15, -0.1) is 0 Å². The second-order valence-electron chi connectivity index (χ2n) is 2.99. The van der Waals surface area contributed by atoms with Crippen LogP contribution in [0.3, 0.4) is 0 Å². The smallest absolute Gasteiger partial charge is 0.224 e. The molecule has 1 aliphatic rings. The summed E-state index contributed by atoms with van der Waals surface area (Å²) < 4.78 is 0. The number of anilines is 1. The first-order chi connectivity index (χ1) is 5.77. The van der Waals surface area contributed by atoms with Crippen molar-refractivity contribution in [3.05, 3.63) is 16.8 Å². The molecule has 0 bridgehead atoms. The van der Waals surface area contributed by atoms with Gasteiger partial charge in [-0.3, -0.25) is 4.79 Å². The van der Waals surface area contributed by atoms with Gasteiger partial charge >= 0.3 is 0 Å². The number of carbonyl (C=O) groups excluding carboxylic acids is 1. The summed E-state index contributed by atoms with van der Waals surface area (Å²) in [6, 6.07) is 2.06. The molecule has 1 aromatic rings. The number of thiophene rings is 1. The zero-order chi connectivity index (χ0) is 8.55. The van der Waals surface area contributed by atoms with Crippen molar-refractivity contribution in [2.75, 3.05) is 18.0 Å². The number of rotatable bonds is 2. The Hall–Kier alpha value is -1.03. The number of hydrogen-bond acceptors (Lipinski definition) is 3. The SMILES string of the molecule is NC(=O)C1CN(c2ccsc2)C1. The third-order valence-electron chi connectivity index (χ3n) is 2.16. The molecule has 1 saturated heterocycles. The van der Waals surface area contributed by atoms with Crippen LogP contribution in [0.2, 0.25) is 0 Å². The van der Waals surface area contributed by atoms with Crippen LogP contribution in [0, 0.1) is 5.92 Å². The molecule has 1 amide bonds. The average Bonchev–Trinajstić information content (AvgIpc) is 2.34. The van der Waals surface area contributed by atoms with Gasteiger partial charge in [0.05, 0.1) is 5.92 Å². The second kappa shape index (κ2) is 2.79. The maximum Gasteiger partial charge on any atom is 0.224 e. The molecule has 1 aliphatic heterocycles. The van der Waals surface area contributed by atoms with Gasteiger partial charge in [0.25, 0.3) is 0 Å². The third kappa shape index (κ3) is 1.18. The van der Waals surface area contributed by atoms with E-state index in [9.17, 15) is 4.79 Å². The van der Waals surface area contributed by atoms with Crippen molar-refractivity contribution >= 4 is 22.9 Å². The summed E-state index contributed by atoms with van der Waals surface area (Å²) in [5, 5.41) is 4.12. The summed E-state index contributed by atoms with van der Waals surface area (Å²) in [5.74, 6) is -0.119. The van der Waals surface area contributed by atoms with E-state index in [1.54, 1.807) is 11.3 Å². The highest BCUT2D eigenvalue weighted by Crippen LogP contribution is 2.25. The Kier molecular flexibility index (Phi) is 1.77. The topological polar surface area (TPSA) is 46.3 Å². The van der Waals surface area contributed by atoms with E-state index in [2.05, 4.69) is 16.3 Å². The number of nitrogens with two attached hydrogens (primary N) is 1. The lowest BCUT2D eigenvalue weighted by molar-refractivity contribution is -0.122. The van der Waals surface area contributed by atoms with E-state index >= 15 is 0 Å². The van der Waals surface area contributed by atoms with E-state index < -0.39 is 0 Å². The molecule has 0 atom stereocenters. The molecule has 12 heavy (non-hydrogen) atoms. The average molecular weight is 182 g/mol. The van der Waals surface area contributed by atoms with Crippen molar-refractivity contribution in [3.8, 4) is 0 Å². The van der Waals surface area contributed by atoms with Crippen LogP contribution in [0.1, 0.15) is 0 Å². The minimum absolute atomic E-state index is 0.0601. The lowest BCUT2D eigenvalue weighted by atomic mass is 9.99. The normalized spacial score (nSPS) is 17.5. The molecular weight excluding hydrogens is 172 g/mol. The van der Waals surface area contributed by atoms with E-state index in [1.807, 2.05) is 5.38 Å². The summed E-state index contributed by atoms with van der Waals surface area (Å²) in [7, 11) is 0. The lowest BCUT2D eigenvalue weighted by Crippen LogP contribution is -2.52. The molecule has 0 radical (unpaired) electrons. The quantitative estimate of drug-likeness (QED) is 0.730. The molecule has 0 spiro atoms. The van der Waals surface area contributed by atoms with Gasteiger partial charge in [-0.2, -0.15) is 11.3 Å². The Morgan fingerprint density at radius 1 is 1.67 bits per heavy atom. The number of amides is 1. The van der Waals surface area contributed by atoms with Crippen LogP contribution in [0.5, 0.6) is 0 Å². The van der Waals surface area contributed by atoms with Crippen LogP contribution in [0.25, 0.3) is 0 Å². The highest BCUT2D eigenvalue weighted by atomic mass is 32.1. The molecule has 64 valence electrons. The maximum atomic E-state index is 10.7. The first kappa shape index (κ1) is 7.61. The highest BCUT2D eigenvalue weighted by Gasteiger charge is 2.30. The molecule has 4 heteroatoms. The van der Waals surface area contributed by atoms with Crippen LogP contribution >= 0.6 is 11.3 Å². The first-order valence-corrected chi connectivity index (χ1v) is 4.78. The predicted molar refractivity (Wildman–Crippen MR) is 49.2 cm³/mol. The van der Waals surface area contributed by atoms with Gasteiger partial charge in [0, 0.05) is 24.2 Å². The monoisotopic (exact) mass is 182 g/mol. The maximum absolute atomic E-state index is 10.7. The Morgan fingerprint density at radius 3 is 2.92 bits per heavy atom. The van der Waals surface area contributed by atoms with Gasteiger partial charge in [0.1, 0.15) is 0 Å². The summed E-state index contributed by atoms with van der Waals surface area (Å²) in [5.41, 5.74) is 6.36. The van der Waals surface area contributed by atoms with Crippen molar-refractivity contribution in [2.24, 2.45) is 11.7 Å². The van der Waals surface area contributed by atoms with E-state index in [0.29, 0.717) is 0 Å². The fourth-order valence-electron chi connectivity index (χ4n) is 1.31. The van der Waals surface area contributed by atoms with Crippen molar-refractivity contribution in [2.45, 2.75) is 0 Å². The number of nitrogens with zero attached hydrogens (tertiary/aromatic N) is 1. The van der Waals surface area contributed by atoms with Crippen molar-refractivity contribution in [1.82, 2.24) is 0 Å². The Bertz CT molecular complexity index is 277. The first-order valence-electron chi connectivity index (χ1n) is 3.84. The van der Waals surface area contributed by atoms with Gasteiger partial charge < -0.3 is 10.6 Å². The van der Waals surface area contributed by atoms with Crippen molar-refractivity contribution in [1.29, 1.82) is 0 Å². The molecule has 2 N–H and O–H groups in total. The summed E-state index contributed by atoms with van der Waals surface area (Å²) in [6.45, 7) is 1.57. The summed E-state index contributed by atoms with van der Waals surface area (Å²) >= 11 is 1.67. The molecule has 0 aliphatic carbocycles. The third-order valence-corrected chi connectivity index (χ3v) is 2.83. The molecule has 3 nitrogen and oxygen atoms in total. The molecule has 0 saturated carbocycles. The standard InChI is InChI=1S/C8H10N2OS/c9-8(11)6-3-10(4-6)7-1-2-12-5-7/h1-2,5-6H,3-4H2,(H2,9,11). The van der Waals surface area contributed by atoms with E-state index in [4.69, 9.17) is 5.73 Å². The van der Waals surface area contributed by atoms with Crippen LogP contribution in [-0.4, -0.2) is 19.0 Å². The summed E-state index contributed by atoms with van der Waals surface area (Å²) in [6.07, 6.45) is 0. The number of hydrogen-bond donors (Lipinski definition) is 1. The fraction of sp³-hybridized carbons (Fsp3) is 0.375. The van der Waals surface area contributed by atoms with Crippen LogP contribution in [0.15, 0.2) is 16.8 Å². The fourth-order valence-corrected chi connectivity index (χ4v) is 1.97. The van der Waals surface area contributed by atoms with Crippen molar-refractivity contribution in [3.63, 3.8) is 0 Å². The van der Waals surface area contributed by atoms with Gasteiger partial charge in [-0.05, 0) is 11.4 Å². The van der Waals surface area contributed by atoms with Crippen molar-refractivity contribution < 1.29 is 4.79 Å². The minimum atomic E-state index is -0.179. The Balaban J connectivity index is 1.94. The number of primary amides is 1. The number of carbonyl (C=O) groups is 1. The Morgan fingerprint density at radius 2 is 2.42 bits per heavy atom. The molecule has 2 heterocycles. The molecule has 1 aromatic heterocycles. The van der Waals surface area contributed by atoms with Gasteiger partial charge in [0.15, 0.2) is 0 Å². The molecule has 2 rings (SSSR count). The van der Waals surface area contributed by atoms with E-state index in [0.717, 1.165) is 13.1 Å². The highest BCUT2D eigenvalue weighted by molar-refractivity contribution is 7.08. The zero-order valence-corrected chi connectivity index (χ0v) is 7.38. The zero-order valence-electron chi connectivity index (χ0n) is 6.56. The lowest BCUT2D eigenvalue weighted by Gasteiger charge is -2.38. The molecular formula is C8H10N2OS. The molecule has 0 unspecified atom stereocenters. The van der Waals surface area contributed by atoms with Gasteiger partial charge in [-0.25, -0.2) is 0 Å². The van der Waals surface area contributed by atoms with Crippen LogP contribution in [-0.2, 0) is 4.79 Å². The predicted octanol–water partition coefficient (Wildman–Crippen LogP) is 0.670. The van der Waals surface area contributed by atoms with Gasteiger partial charge in [-0.1, -0.05) is 0 Å². The van der Waals surface area contributed by atoms with Crippen LogP contribution < -0.4 is 10.6 Å². The Labute approximate surface area is 74.8 Å². The molecule has 0 aromatic carbocycles. The largest absolute Gasteiger partial charge is 0.369 e.